The molecular weight excluding hydrogens is 450 g/mol. The van der Waals surface area contributed by atoms with E-state index in [1.807, 2.05) is 44.2 Å². The molecule has 0 bridgehead atoms. The van der Waals surface area contributed by atoms with Gasteiger partial charge in [0.2, 0.25) is 21.8 Å². The van der Waals surface area contributed by atoms with Gasteiger partial charge in [-0.3, -0.25) is 13.9 Å². The SMILES string of the molecule is CC(C)CNC(=O)[C@H](C)N(Cc1ccccc1)C(=O)CN(c1cccc(Cl)c1)S(C)(=O)=O. The van der Waals surface area contributed by atoms with Crippen molar-refractivity contribution in [3.8, 4) is 0 Å². The zero-order valence-electron chi connectivity index (χ0n) is 18.8. The Labute approximate surface area is 195 Å². The summed E-state index contributed by atoms with van der Waals surface area (Å²) in [6.07, 6.45) is 1.03. The van der Waals surface area contributed by atoms with Gasteiger partial charge >= 0.3 is 0 Å². The van der Waals surface area contributed by atoms with Crippen molar-refractivity contribution in [2.75, 3.05) is 23.7 Å². The Bertz CT molecular complexity index is 1030. The smallest absolute Gasteiger partial charge is 0.244 e. The average molecular weight is 480 g/mol. The quantitative estimate of drug-likeness (QED) is 0.566. The molecule has 1 atom stereocenters. The highest BCUT2D eigenvalue weighted by Crippen LogP contribution is 2.22. The van der Waals surface area contributed by atoms with Gasteiger partial charge < -0.3 is 10.2 Å². The van der Waals surface area contributed by atoms with Crippen LogP contribution in [0.5, 0.6) is 0 Å². The summed E-state index contributed by atoms with van der Waals surface area (Å²) in [6.45, 7) is 5.80. The standard InChI is InChI=1S/C23H30ClN3O4S/c1-17(2)14-25-23(29)18(3)26(15-19-9-6-5-7-10-19)22(28)16-27(32(4,30)31)21-12-8-11-20(24)13-21/h5-13,17-18H,14-16H2,1-4H3,(H,25,29)/t18-/m0/s1. The third kappa shape index (κ3) is 7.53. The molecule has 7 nitrogen and oxygen atoms in total. The number of hydrogen-bond donors (Lipinski definition) is 1. The Morgan fingerprint density at radius 2 is 1.69 bits per heavy atom. The van der Waals surface area contributed by atoms with Crippen LogP contribution in [-0.2, 0) is 26.2 Å². The summed E-state index contributed by atoms with van der Waals surface area (Å²) in [6, 6.07) is 14.7. The minimum atomic E-state index is -3.78. The molecule has 0 aromatic heterocycles. The van der Waals surface area contributed by atoms with Gasteiger partial charge in [0.25, 0.3) is 0 Å². The van der Waals surface area contributed by atoms with Gasteiger partial charge in [0.1, 0.15) is 12.6 Å². The maximum atomic E-state index is 13.4. The first-order chi connectivity index (χ1) is 15.0. The van der Waals surface area contributed by atoms with Crippen LogP contribution in [-0.4, -0.2) is 50.5 Å². The average Bonchev–Trinajstić information content (AvgIpc) is 2.73. The lowest BCUT2D eigenvalue weighted by atomic mass is 10.1. The molecule has 0 fully saturated rings. The lowest BCUT2D eigenvalue weighted by Gasteiger charge is -2.31. The summed E-state index contributed by atoms with van der Waals surface area (Å²) in [5.41, 5.74) is 1.11. The van der Waals surface area contributed by atoms with Crippen LogP contribution in [0.4, 0.5) is 5.69 Å². The van der Waals surface area contributed by atoms with Crippen molar-refractivity contribution in [1.82, 2.24) is 10.2 Å². The van der Waals surface area contributed by atoms with E-state index in [0.717, 1.165) is 16.1 Å². The zero-order valence-corrected chi connectivity index (χ0v) is 20.4. The number of halogens is 1. The molecule has 0 aliphatic carbocycles. The van der Waals surface area contributed by atoms with Gasteiger partial charge in [0.05, 0.1) is 11.9 Å². The summed E-state index contributed by atoms with van der Waals surface area (Å²) in [5.74, 6) is -0.531. The topological polar surface area (TPSA) is 86.8 Å². The van der Waals surface area contributed by atoms with E-state index >= 15 is 0 Å². The van der Waals surface area contributed by atoms with Crippen LogP contribution in [0.3, 0.4) is 0 Å². The van der Waals surface area contributed by atoms with Crippen LogP contribution in [0, 0.1) is 5.92 Å². The van der Waals surface area contributed by atoms with Crippen LogP contribution < -0.4 is 9.62 Å². The van der Waals surface area contributed by atoms with E-state index < -0.39 is 28.5 Å². The van der Waals surface area contributed by atoms with Crippen molar-refractivity contribution in [1.29, 1.82) is 0 Å². The molecule has 0 aliphatic heterocycles. The van der Waals surface area contributed by atoms with Crippen molar-refractivity contribution >= 4 is 39.1 Å². The van der Waals surface area contributed by atoms with Gasteiger partial charge in [0.15, 0.2) is 0 Å². The number of carbonyl (C=O) groups excluding carboxylic acids is 2. The molecule has 0 saturated carbocycles. The van der Waals surface area contributed by atoms with Crippen LogP contribution >= 0.6 is 11.6 Å². The molecule has 174 valence electrons. The van der Waals surface area contributed by atoms with Gasteiger partial charge in [-0.25, -0.2) is 8.42 Å². The minimum Gasteiger partial charge on any atom is -0.354 e. The number of benzene rings is 2. The van der Waals surface area contributed by atoms with Crippen LogP contribution in [0.1, 0.15) is 26.3 Å². The zero-order chi connectivity index (χ0) is 23.9. The van der Waals surface area contributed by atoms with Crippen molar-refractivity contribution in [2.24, 2.45) is 5.92 Å². The summed E-state index contributed by atoms with van der Waals surface area (Å²) < 4.78 is 25.9. The number of sulfonamides is 1. The second-order valence-electron chi connectivity index (χ2n) is 8.07. The largest absolute Gasteiger partial charge is 0.354 e. The Morgan fingerprint density at radius 3 is 2.25 bits per heavy atom. The summed E-state index contributed by atoms with van der Waals surface area (Å²) in [4.78, 5) is 27.5. The van der Waals surface area contributed by atoms with E-state index in [-0.39, 0.29) is 24.1 Å². The first-order valence-corrected chi connectivity index (χ1v) is 12.6. The highest BCUT2D eigenvalue weighted by atomic mass is 35.5. The van der Waals surface area contributed by atoms with Gasteiger partial charge in [-0.15, -0.1) is 0 Å². The lowest BCUT2D eigenvalue weighted by Crippen LogP contribution is -2.51. The van der Waals surface area contributed by atoms with E-state index in [1.54, 1.807) is 25.1 Å². The van der Waals surface area contributed by atoms with Crippen LogP contribution in [0.15, 0.2) is 54.6 Å². The van der Waals surface area contributed by atoms with E-state index in [0.29, 0.717) is 11.6 Å². The molecule has 2 aromatic carbocycles. The first-order valence-electron chi connectivity index (χ1n) is 10.3. The summed E-state index contributed by atoms with van der Waals surface area (Å²) >= 11 is 6.03. The molecule has 2 amide bonds. The van der Waals surface area contributed by atoms with Crippen molar-refractivity contribution in [2.45, 2.75) is 33.4 Å². The Morgan fingerprint density at radius 1 is 1.03 bits per heavy atom. The van der Waals surface area contributed by atoms with Crippen molar-refractivity contribution in [3.05, 3.63) is 65.2 Å². The maximum Gasteiger partial charge on any atom is 0.244 e. The number of hydrogen-bond acceptors (Lipinski definition) is 4. The molecular formula is C23H30ClN3O4S. The molecule has 0 aliphatic rings. The van der Waals surface area contributed by atoms with Crippen molar-refractivity contribution < 1.29 is 18.0 Å². The molecule has 2 aromatic rings. The van der Waals surface area contributed by atoms with E-state index in [1.165, 1.54) is 11.0 Å². The third-order valence-corrected chi connectivity index (χ3v) is 6.20. The van der Waals surface area contributed by atoms with Gasteiger partial charge in [-0.05, 0) is 36.6 Å². The number of nitrogens with one attached hydrogen (secondary N) is 1. The van der Waals surface area contributed by atoms with Crippen molar-refractivity contribution in [3.63, 3.8) is 0 Å². The molecule has 2 rings (SSSR count). The highest BCUT2D eigenvalue weighted by Gasteiger charge is 2.30. The van der Waals surface area contributed by atoms with E-state index in [4.69, 9.17) is 11.6 Å². The molecule has 9 heteroatoms. The Kier molecular flexibility index (Phi) is 9.09. The maximum absolute atomic E-state index is 13.4. The second-order valence-corrected chi connectivity index (χ2v) is 10.4. The Balaban J connectivity index is 2.33. The number of amides is 2. The molecule has 0 unspecified atom stereocenters. The number of nitrogens with zero attached hydrogens (tertiary/aromatic N) is 2. The van der Waals surface area contributed by atoms with Gasteiger partial charge in [0, 0.05) is 18.1 Å². The minimum absolute atomic E-state index is 0.170. The highest BCUT2D eigenvalue weighted by molar-refractivity contribution is 7.92. The molecule has 0 saturated heterocycles. The fraction of sp³-hybridized carbons (Fsp3) is 0.391. The fourth-order valence-electron chi connectivity index (χ4n) is 3.06. The van der Waals surface area contributed by atoms with E-state index in [9.17, 15) is 18.0 Å². The fourth-order valence-corrected chi connectivity index (χ4v) is 4.09. The van der Waals surface area contributed by atoms with E-state index in [2.05, 4.69) is 5.32 Å². The molecule has 0 heterocycles. The normalized spacial score (nSPS) is 12.3. The molecule has 0 spiro atoms. The summed E-state index contributed by atoms with van der Waals surface area (Å²) in [5, 5.41) is 3.20. The third-order valence-electron chi connectivity index (χ3n) is 4.82. The number of anilines is 1. The monoisotopic (exact) mass is 479 g/mol. The van der Waals surface area contributed by atoms with Crippen LogP contribution in [0.25, 0.3) is 0 Å². The molecule has 0 radical (unpaired) electrons. The first kappa shape index (κ1) is 25.7. The summed E-state index contributed by atoms with van der Waals surface area (Å²) in [7, 11) is -3.78. The predicted octanol–water partition coefficient (Wildman–Crippen LogP) is 3.30. The number of rotatable bonds is 10. The lowest BCUT2D eigenvalue weighted by molar-refractivity contribution is -0.139. The van der Waals surface area contributed by atoms with Crippen LogP contribution in [0.2, 0.25) is 5.02 Å². The number of carbonyl (C=O) groups is 2. The van der Waals surface area contributed by atoms with Gasteiger partial charge in [-0.2, -0.15) is 0 Å². The molecule has 32 heavy (non-hydrogen) atoms. The molecule has 1 N–H and O–H groups in total. The Hall–Kier alpha value is -2.58. The predicted molar refractivity (Wildman–Crippen MR) is 128 cm³/mol. The van der Waals surface area contributed by atoms with Gasteiger partial charge in [-0.1, -0.05) is 61.8 Å². The second kappa shape index (κ2) is 11.3.